The smallest absolute Gasteiger partial charge is 0.375 e. The van der Waals surface area contributed by atoms with Crippen LogP contribution < -0.4 is 25.8 Å². The molecule has 280 valence electrons. The van der Waals surface area contributed by atoms with E-state index >= 15 is 0 Å². The number of anilines is 1. The summed E-state index contributed by atoms with van der Waals surface area (Å²) in [5.41, 5.74) is 6.42. The number of ether oxygens (including phenoxy) is 2. The number of thiazole rings is 1. The molecule has 0 radical (unpaired) electrons. The first-order valence-electron chi connectivity index (χ1n) is 15.4. The van der Waals surface area contributed by atoms with Gasteiger partial charge < -0.3 is 36.1 Å². The van der Waals surface area contributed by atoms with Crippen LogP contribution in [0.2, 0.25) is 0 Å². The van der Waals surface area contributed by atoms with Gasteiger partial charge in [-0.05, 0) is 36.8 Å². The Balaban J connectivity index is 1.19. The minimum absolute atomic E-state index is 0.0498. The summed E-state index contributed by atoms with van der Waals surface area (Å²) in [4.78, 5) is 101. The zero-order valence-electron chi connectivity index (χ0n) is 28.1. The number of β-lactam (4-membered cyclic amide) rings is 1. The maximum absolute atomic E-state index is 13.8. The number of nitrogens with two attached hydrogens (primary N) is 1. The molecule has 1 saturated heterocycles. The van der Waals surface area contributed by atoms with Gasteiger partial charge in [0.15, 0.2) is 22.7 Å². The summed E-state index contributed by atoms with van der Waals surface area (Å²) in [6.07, 6.45) is 0. The number of aliphatic carboxylic acids is 1. The number of nitrogens with zero attached hydrogens (tertiary/aromatic N) is 6. The van der Waals surface area contributed by atoms with Crippen molar-refractivity contribution in [3.63, 3.8) is 0 Å². The van der Waals surface area contributed by atoms with Crippen molar-refractivity contribution in [2.24, 2.45) is 0 Å². The second-order valence-corrected chi connectivity index (χ2v) is 14.5. The molecule has 1 fully saturated rings. The van der Waals surface area contributed by atoms with Gasteiger partial charge in [0, 0.05) is 42.0 Å². The lowest BCUT2D eigenvalue weighted by atomic mass is 10.0. The van der Waals surface area contributed by atoms with Gasteiger partial charge in [0.2, 0.25) is 5.91 Å². The largest absolute Gasteiger partial charge is 0.477 e. The van der Waals surface area contributed by atoms with Crippen molar-refractivity contribution in [1.82, 2.24) is 40.1 Å². The minimum atomic E-state index is -1.48. The van der Waals surface area contributed by atoms with Crippen molar-refractivity contribution in [1.29, 1.82) is 0 Å². The maximum atomic E-state index is 13.8. The van der Waals surface area contributed by atoms with E-state index in [0.29, 0.717) is 16.3 Å². The highest BCUT2D eigenvalue weighted by Gasteiger charge is 2.54. The van der Waals surface area contributed by atoms with Gasteiger partial charge in [-0.25, -0.2) is 19.6 Å². The van der Waals surface area contributed by atoms with Crippen LogP contribution in [-0.2, 0) is 24.0 Å². The van der Waals surface area contributed by atoms with E-state index in [0.717, 1.165) is 47.9 Å². The molecule has 2 aliphatic heterocycles. The molecule has 3 atom stereocenters. The van der Waals surface area contributed by atoms with E-state index in [1.807, 2.05) is 0 Å². The topological polar surface area (TPSA) is 288 Å². The molecule has 4 aromatic rings. The number of aromatic nitrogens is 5. The first-order valence-corrected chi connectivity index (χ1v) is 18.4. The number of carboxylic acid groups (broad SMARTS) is 2. The van der Waals surface area contributed by atoms with E-state index < -0.39 is 64.9 Å². The van der Waals surface area contributed by atoms with Crippen molar-refractivity contribution >= 4 is 87.4 Å². The average Bonchev–Trinajstić information content (AvgIpc) is 3.74. The molecule has 20 nitrogen and oxygen atoms in total. The number of amides is 3. The van der Waals surface area contributed by atoms with E-state index in [4.69, 9.17) is 15.2 Å². The lowest BCUT2D eigenvalue weighted by Crippen LogP contribution is -2.71. The van der Waals surface area contributed by atoms with Crippen molar-refractivity contribution in [3.8, 4) is 11.5 Å². The van der Waals surface area contributed by atoms with Crippen LogP contribution >= 0.6 is 34.9 Å². The van der Waals surface area contributed by atoms with Crippen LogP contribution in [-0.4, -0.2) is 104 Å². The van der Waals surface area contributed by atoms with Crippen LogP contribution in [0.1, 0.15) is 52.3 Å². The minimum Gasteiger partial charge on any atom is -0.477 e. The van der Waals surface area contributed by atoms with Crippen LogP contribution in [0.15, 0.2) is 45.9 Å². The van der Waals surface area contributed by atoms with E-state index in [1.54, 1.807) is 13.0 Å². The highest BCUT2D eigenvalue weighted by Crippen LogP contribution is 2.42. The number of esters is 2. The predicted molar refractivity (Wildman–Crippen MR) is 189 cm³/mol. The van der Waals surface area contributed by atoms with Crippen LogP contribution in [0.4, 0.5) is 5.13 Å². The lowest BCUT2D eigenvalue weighted by Gasteiger charge is -2.49. The van der Waals surface area contributed by atoms with Crippen molar-refractivity contribution < 1.29 is 53.2 Å². The normalized spacial score (nSPS) is 16.9. The Bertz CT molecular complexity index is 2310. The lowest BCUT2D eigenvalue weighted by molar-refractivity contribution is -0.151. The zero-order chi connectivity index (χ0) is 39.0. The Morgan fingerprint density at radius 3 is 2.41 bits per heavy atom. The summed E-state index contributed by atoms with van der Waals surface area (Å²) < 4.78 is 11.4. The molecule has 0 aliphatic carbocycles. The number of nitrogens with one attached hydrogen (secondary N) is 2. The Hall–Kier alpha value is -6.07. The molecule has 6 rings (SSSR count). The van der Waals surface area contributed by atoms with Gasteiger partial charge in [-0.3, -0.25) is 28.9 Å². The number of benzene rings is 1. The van der Waals surface area contributed by atoms with Gasteiger partial charge in [0.05, 0.1) is 5.69 Å². The summed E-state index contributed by atoms with van der Waals surface area (Å²) in [6.45, 7) is 3.93. The summed E-state index contributed by atoms with van der Waals surface area (Å²) in [7, 11) is 0. The molecule has 0 bridgehead atoms. The van der Waals surface area contributed by atoms with Crippen LogP contribution in [0.25, 0.3) is 5.78 Å². The second kappa shape index (κ2) is 15.1. The van der Waals surface area contributed by atoms with E-state index in [-0.39, 0.29) is 50.9 Å². The van der Waals surface area contributed by atoms with Crippen molar-refractivity contribution in [3.05, 3.63) is 63.7 Å². The molecule has 0 spiro atoms. The number of nitrogen functional groups attached to an aromatic ring is 1. The average molecular weight is 798 g/mol. The summed E-state index contributed by atoms with van der Waals surface area (Å²) in [5, 5.41) is 29.8. The second-order valence-electron chi connectivity index (χ2n) is 11.5. The quantitative estimate of drug-likeness (QED) is 0.0440. The molecular weight excluding hydrogens is 771 g/mol. The van der Waals surface area contributed by atoms with E-state index in [9.17, 15) is 43.8 Å². The number of thioether (sulfide) groups is 2. The number of carbonyl (C=O) groups excluding carboxylic acids is 5. The van der Waals surface area contributed by atoms with Gasteiger partial charge in [-0.15, -0.1) is 40.0 Å². The monoisotopic (exact) mass is 797 g/mol. The van der Waals surface area contributed by atoms with E-state index in [1.165, 1.54) is 33.8 Å². The maximum Gasteiger partial charge on any atom is 0.375 e. The molecule has 2 aliphatic rings. The first kappa shape index (κ1) is 37.7. The van der Waals surface area contributed by atoms with Crippen molar-refractivity contribution in [2.45, 2.75) is 43.3 Å². The first-order chi connectivity index (χ1) is 25.6. The molecule has 1 unspecified atom stereocenters. The molecule has 3 amide bonds. The number of hydrogen-bond donors (Lipinski definition) is 5. The number of aromatic carboxylic acids is 1. The van der Waals surface area contributed by atoms with Gasteiger partial charge in [0.1, 0.15) is 22.1 Å². The molecule has 0 saturated carbocycles. The molecule has 6 N–H and O–H groups in total. The summed E-state index contributed by atoms with van der Waals surface area (Å²) in [5.74, 6) is -7.07. The van der Waals surface area contributed by atoms with Crippen LogP contribution in [0.3, 0.4) is 0 Å². The fourth-order valence-corrected chi connectivity index (χ4v) is 8.51. The summed E-state index contributed by atoms with van der Waals surface area (Å²) >= 11 is 3.36. The summed E-state index contributed by atoms with van der Waals surface area (Å²) in [6, 6.07) is 2.62. The Morgan fingerprint density at radius 1 is 1.04 bits per heavy atom. The van der Waals surface area contributed by atoms with Crippen LogP contribution in [0, 0.1) is 6.92 Å². The molecule has 5 heterocycles. The number of hydrogen-bond acceptors (Lipinski definition) is 17. The zero-order valence-corrected chi connectivity index (χ0v) is 30.5. The SMILES string of the molecule is CC(=O)Oc1ccc(C(=O)NC(C(=O)N[C@@H]2C(=O)N3C(C(=O)O)=C(CSc4cc(C)nc5nc(C(=O)O)nn45)CS[C@H]23)c2csc(N)n2)cc1OC(C)=O. The van der Waals surface area contributed by atoms with Gasteiger partial charge in [-0.1, -0.05) is 0 Å². The molecule has 3 aromatic heterocycles. The van der Waals surface area contributed by atoms with Gasteiger partial charge in [0.25, 0.3) is 23.4 Å². The molecule has 1 aromatic carbocycles. The highest BCUT2D eigenvalue weighted by molar-refractivity contribution is 8.01. The fraction of sp³-hybridized carbons (Fsp3) is 0.258. The van der Waals surface area contributed by atoms with Gasteiger partial charge >= 0.3 is 23.9 Å². The molecular formula is C31H27N9O11S3. The highest BCUT2D eigenvalue weighted by atomic mass is 32.2. The van der Waals surface area contributed by atoms with Crippen LogP contribution in [0.5, 0.6) is 11.5 Å². The number of carbonyl (C=O) groups is 7. The van der Waals surface area contributed by atoms with E-state index in [2.05, 4.69) is 30.7 Å². The Labute approximate surface area is 315 Å². The predicted octanol–water partition coefficient (Wildman–Crippen LogP) is 1.02. The number of carboxylic acids is 2. The standard InChI is InChI=1S/C31H27N9O11S3/c1-11-6-19(40-31(33-11)37-23(38-40)29(48)49)52-8-15-9-53-27-21(26(45)39(27)22(15)28(46)47)36-25(44)20(16-10-54-30(32)34-16)35-24(43)14-4-5-17(50-12(2)41)18(7-14)51-13(3)42/h4-7,10,20-21,27H,8-9H2,1-3H3,(H2,32,34)(H,35,43)(H,36,44)(H,46,47)(H,48,49)/t20?,21-,27-/m1/s1. The van der Waals surface area contributed by atoms with Gasteiger partial charge in [-0.2, -0.15) is 9.50 Å². The third-order valence-corrected chi connectivity index (χ3v) is 10.7. The fourth-order valence-electron chi connectivity index (χ4n) is 5.38. The molecule has 54 heavy (non-hydrogen) atoms. The number of rotatable bonds is 12. The number of aryl methyl sites for hydroxylation is 1. The number of fused-ring (bicyclic) bond motifs is 2. The third-order valence-electron chi connectivity index (χ3n) is 7.63. The third kappa shape index (κ3) is 7.67. The van der Waals surface area contributed by atoms with Crippen molar-refractivity contribution in [2.75, 3.05) is 17.2 Å². The Kier molecular flexibility index (Phi) is 10.5. The Morgan fingerprint density at radius 2 is 1.76 bits per heavy atom. The molecule has 23 heteroatoms.